The van der Waals surface area contributed by atoms with Gasteiger partial charge in [-0.2, -0.15) is 0 Å². The molecule has 2 rings (SSSR count). The Morgan fingerprint density at radius 1 is 1.35 bits per heavy atom. The highest BCUT2D eigenvalue weighted by atomic mass is 15.3. The van der Waals surface area contributed by atoms with Crippen LogP contribution in [0.25, 0.3) is 0 Å². The third-order valence-electron chi connectivity index (χ3n) is 4.17. The van der Waals surface area contributed by atoms with Gasteiger partial charge in [0.1, 0.15) is 17.5 Å². The monoisotopic (exact) mass is 277 g/mol. The second-order valence-electron chi connectivity index (χ2n) is 6.24. The zero-order valence-electron chi connectivity index (χ0n) is 13.3. The van der Waals surface area contributed by atoms with Gasteiger partial charge in [-0.15, -0.1) is 0 Å². The Kier molecular flexibility index (Phi) is 4.48. The molecule has 2 heterocycles. The van der Waals surface area contributed by atoms with Crippen molar-refractivity contribution < 1.29 is 0 Å². The Morgan fingerprint density at radius 2 is 2.05 bits per heavy atom. The van der Waals surface area contributed by atoms with Crippen molar-refractivity contribution in [1.82, 2.24) is 14.9 Å². The number of rotatable bonds is 3. The van der Waals surface area contributed by atoms with Crippen LogP contribution in [-0.4, -0.2) is 48.1 Å². The third kappa shape index (κ3) is 3.03. The molecule has 5 nitrogen and oxygen atoms in total. The molecule has 2 N–H and O–H groups in total. The number of nitrogens with two attached hydrogens (primary N) is 1. The smallest absolute Gasteiger partial charge is 0.137 e. The molecule has 1 aliphatic heterocycles. The molecule has 0 saturated carbocycles. The lowest BCUT2D eigenvalue weighted by molar-refractivity contribution is 0.247. The van der Waals surface area contributed by atoms with E-state index in [0.717, 1.165) is 23.8 Å². The first-order chi connectivity index (χ1) is 9.40. The topological polar surface area (TPSA) is 58.3 Å². The molecule has 112 valence electrons. The first-order valence-corrected chi connectivity index (χ1v) is 7.45. The maximum absolute atomic E-state index is 6.07. The zero-order valence-corrected chi connectivity index (χ0v) is 13.3. The number of anilines is 2. The summed E-state index contributed by atoms with van der Waals surface area (Å²) < 4.78 is 0. The molecule has 20 heavy (non-hydrogen) atoms. The number of likely N-dealkylation sites (N-methyl/N-ethyl adjacent to an activating group) is 2. The predicted octanol–water partition coefficient (Wildman–Crippen LogP) is 2.02. The quantitative estimate of drug-likeness (QED) is 0.916. The van der Waals surface area contributed by atoms with Crippen LogP contribution in [0.4, 0.5) is 11.6 Å². The Labute approximate surface area is 122 Å². The first-order valence-electron chi connectivity index (χ1n) is 7.45. The van der Waals surface area contributed by atoms with E-state index in [-0.39, 0.29) is 0 Å². The minimum absolute atomic E-state index is 0.291. The minimum Gasteiger partial charge on any atom is -0.383 e. The normalized spacial score (nSPS) is 20.4. The molecule has 0 bridgehead atoms. The second kappa shape index (κ2) is 5.95. The summed E-state index contributed by atoms with van der Waals surface area (Å²) in [7, 11) is 4.31. The number of nitrogen functional groups attached to an aromatic ring is 1. The molecule has 1 aromatic heterocycles. The fourth-order valence-electron chi connectivity index (χ4n) is 2.77. The van der Waals surface area contributed by atoms with Gasteiger partial charge in [0.2, 0.25) is 0 Å². The number of hydrogen-bond donors (Lipinski definition) is 1. The molecule has 1 unspecified atom stereocenters. The van der Waals surface area contributed by atoms with Gasteiger partial charge in [-0.3, -0.25) is 0 Å². The predicted molar refractivity (Wildman–Crippen MR) is 84.2 cm³/mol. The molecule has 1 fully saturated rings. The van der Waals surface area contributed by atoms with E-state index in [4.69, 9.17) is 10.7 Å². The molecule has 5 heteroatoms. The minimum atomic E-state index is 0.291. The molecule has 1 aliphatic rings. The molecule has 1 atom stereocenters. The van der Waals surface area contributed by atoms with Gasteiger partial charge in [0.15, 0.2) is 0 Å². The fraction of sp³-hybridized carbons (Fsp3) is 0.733. The van der Waals surface area contributed by atoms with E-state index in [2.05, 4.69) is 42.7 Å². The standard InChI is InChI=1S/C15H27N5/c1-10(2)14-17-13(16)11(3)15(18-14)20(5)12-7-6-8-19(4)9-12/h10,12H,6-9H2,1-5H3,(H2,16,17,18). The maximum atomic E-state index is 6.07. The SMILES string of the molecule is Cc1c(N)nc(C(C)C)nc1N(C)C1CCCN(C)C1. The summed E-state index contributed by atoms with van der Waals surface area (Å²) in [5.41, 5.74) is 7.06. The lowest BCUT2D eigenvalue weighted by Gasteiger charge is -2.37. The van der Waals surface area contributed by atoms with Crippen molar-refractivity contribution in [3.05, 3.63) is 11.4 Å². The molecular weight excluding hydrogens is 250 g/mol. The van der Waals surface area contributed by atoms with E-state index >= 15 is 0 Å². The molecule has 1 saturated heterocycles. The molecule has 0 amide bonds. The highest BCUT2D eigenvalue weighted by Gasteiger charge is 2.24. The Morgan fingerprint density at radius 3 is 2.65 bits per heavy atom. The number of aromatic nitrogens is 2. The molecular formula is C15H27N5. The van der Waals surface area contributed by atoms with Crippen LogP contribution in [0.2, 0.25) is 0 Å². The van der Waals surface area contributed by atoms with E-state index in [1.54, 1.807) is 0 Å². The van der Waals surface area contributed by atoms with Crippen LogP contribution in [0.3, 0.4) is 0 Å². The van der Waals surface area contributed by atoms with E-state index < -0.39 is 0 Å². The van der Waals surface area contributed by atoms with Crippen molar-refractivity contribution in [1.29, 1.82) is 0 Å². The largest absolute Gasteiger partial charge is 0.383 e. The van der Waals surface area contributed by atoms with Gasteiger partial charge in [0.05, 0.1) is 0 Å². The van der Waals surface area contributed by atoms with Crippen LogP contribution in [0.5, 0.6) is 0 Å². The first kappa shape index (κ1) is 15.0. The zero-order chi connectivity index (χ0) is 14.9. The molecule has 0 spiro atoms. The lowest BCUT2D eigenvalue weighted by atomic mass is 10.0. The van der Waals surface area contributed by atoms with E-state index in [9.17, 15) is 0 Å². The van der Waals surface area contributed by atoms with Gasteiger partial charge in [0, 0.05) is 31.1 Å². The van der Waals surface area contributed by atoms with E-state index in [1.807, 2.05) is 6.92 Å². The van der Waals surface area contributed by atoms with Crippen molar-refractivity contribution >= 4 is 11.6 Å². The maximum Gasteiger partial charge on any atom is 0.137 e. The van der Waals surface area contributed by atoms with Crippen LogP contribution in [-0.2, 0) is 0 Å². The summed E-state index contributed by atoms with van der Waals surface area (Å²) in [5, 5.41) is 0. The molecule has 1 aromatic rings. The number of hydrogen-bond acceptors (Lipinski definition) is 5. The summed E-state index contributed by atoms with van der Waals surface area (Å²) in [6.07, 6.45) is 2.45. The van der Waals surface area contributed by atoms with Crippen molar-refractivity contribution in [2.45, 2.75) is 45.6 Å². The van der Waals surface area contributed by atoms with E-state index in [0.29, 0.717) is 17.8 Å². The highest BCUT2D eigenvalue weighted by molar-refractivity contribution is 5.56. The van der Waals surface area contributed by atoms with Gasteiger partial charge in [0.25, 0.3) is 0 Å². The highest BCUT2D eigenvalue weighted by Crippen LogP contribution is 2.27. The summed E-state index contributed by atoms with van der Waals surface area (Å²) in [5.74, 6) is 2.72. The van der Waals surface area contributed by atoms with Crippen molar-refractivity contribution in [3.63, 3.8) is 0 Å². The van der Waals surface area contributed by atoms with Crippen LogP contribution >= 0.6 is 0 Å². The average Bonchev–Trinajstić information content (AvgIpc) is 2.40. The number of nitrogens with zero attached hydrogens (tertiary/aromatic N) is 4. The van der Waals surface area contributed by atoms with Gasteiger partial charge >= 0.3 is 0 Å². The molecule has 0 radical (unpaired) electrons. The van der Waals surface area contributed by atoms with E-state index in [1.165, 1.54) is 19.4 Å². The van der Waals surface area contributed by atoms with Crippen LogP contribution in [0.15, 0.2) is 0 Å². The number of piperidine rings is 1. The van der Waals surface area contributed by atoms with Gasteiger partial charge in [-0.05, 0) is 33.4 Å². The lowest BCUT2D eigenvalue weighted by Crippen LogP contribution is -2.45. The summed E-state index contributed by atoms with van der Waals surface area (Å²) in [6.45, 7) is 8.48. The summed E-state index contributed by atoms with van der Waals surface area (Å²) in [6, 6.07) is 0.502. The third-order valence-corrected chi connectivity index (χ3v) is 4.17. The Hall–Kier alpha value is -1.36. The van der Waals surface area contributed by atoms with Crippen molar-refractivity contribution in [2.24, 2.45) is 0 Å². The second-order valence-corrected chi connectivity index (χ2v) is 6.24. The van der Waals surface area contributed by atoms with Crippen LogP contribution in [0.1, 0.15) is 44.0 Å². The van der Waals surface area contributed by atoms with Gasteiger partial charge in [-0.1, -0.05) is 13.8 Å². The summed E-state index contributed by atoms with van der Waals surface area (Å²) in [4.78, 5) is 13.8. The van der Waals surface area contributed by atoms with Gasteiger partial charge in [-0.25, -0.2) is 9.97 Å². The van der Waals surface area contributed by atoms with Crippen molar-refractivity contribution in [2.75, 3.05) is 37.8 Å². The van der Waals surface area contributed by atoms with Gasteiger partial charge < -0.3 is 15.5 Å². The van der Waals surface area contributed by atoms with Crippen molar-refractivity contribution in [3.8, 4) is 0 Å². The van der Waals surface area contributed by atoms with Crippen LogP contribution in [0, 0.1) is 6.92 Å². The Bertz CT molecular complexity index is 472. The Balaban J connectivity index is 2.30. The number of likely N-dealkylation sites (tertiary alicyclic amines) is 1. The molecule has 0 aromatic carbocycles. The molecule has 0 aliphatic carbocycles. The fourth-order valence-corrected chi connectivity index (χ4v) is 2.77. The average molecular weight is 277 g/mol. The van der Waals surface area contributed by atoms with Crippen LogP contribution < -0.4 is 10.6 Å². The summed E-state index contributed by atoms with van der Waals surface area (Å²) >= 11 is 0.